The number of ether oxygens (including phenoxy) is 2. The summed E-state index contributed by atoms with van der Waals surface area (Å²) in [6.07, 6.45) is 3.60. The first kappa shape index (κ1) is 22.0. The van der Waals surface area contributed by atoms with E-state index in [9.17, 15) is 9.18 Å². The van der Waals surface area contributed by atoms with E-state index in [1.54, 1.807) is 23.0 Å². The minimum absolute atomic E-state index is 0.326. The molecule has 168 valence electrons. The molecule has 4 rings (SSSR count). The molecule has 0 saturated heterocycles. The van der Waals surface area contributed by atoms with Gasteiger partial charge in [-0.2, -0.15) is 5.10 Å². The molecule has 1 fully saturated rings. The molecule has 1 saturated carbocycles. The maximum absolute atomic E-state index is 13.5. The van der Waals surface area contributed by atoms with Crippen molar-refractivity contribution < 1.29 is 18.7 Å². The second kappa shape index (κ2) is 8.74. The Morgan fingerprint density at radius 1 is 1.12 bits per heavy atom. The first-order valence-corrected chi connectivity index (χ1v) is 10.8. The summed E-state index contributed by atoms with van der Waals surface area (Å²) in [5, 5.41) is 7.35. The van der Waals surface area contributed by atoms with Crippen molar-refractivity contribution in [2.24, 2.45) is 0 Å². The normalized spacial score (nSPS) is 15.1. The molecule has 3 aromatic rings. The van der Waals surface area contributed by atoms with Crippen LogP contribution in [0.5, 0.6) is 0 Å². The molecule has 1 aromatic heterocycles. The number of rotatable bonds is 6. The lowest BCUT2D eigenvalue weighted by Gasteiger charge is -2.42. The van der Waals surface area contributed by atoms with Gasteiger partial charge < -0.3 is 9.47 Å². The van der Waals surface area contributed by atoms with Crippen molar-refractivity contribution in [1.82, 2.24) is 9.78 Å². The second-order valence-electron chi connectivity index (χ2n) is 9.04. The lowest BCUT2D eigenvalue weighted by atomic mass is 9.76. The summed E-state index contributed by atoms with van der Waals surface area (Å²) in [6, 6.07) is 16.1. The van der Waals surface area contributed by atoms with Gasteiger partial charge in [0.25, 0.3) is 0 Å². The Bertz CT molecular complexity index is 1070. The van der Waals surface area contributed by atoms with E-state index in [0.717, 1.165) is 30.5 Å². The van der Waals surface area contributed by atoms with Crippen LogP contribution in [0.2, 0.25) is 0 Å². The van der Waals surface area contributed by atoms with E-state index in [-0.39, 0.29) is 5.82 Å². The van der Waals surface area contributed by atoms with Gasteiger partial charge in [0.05, 0.1) is 29.9 Å². The Morgan fingerprint density at radius 3 is 2.41 bits per heavy atom. The number of halogens is 1. The lowest BCUT2D eigenvalue weighted by molar-refractivity contribution is -0.120. The quantitative estimate of drug-likeness (QED) is 0.517. The molecule has 32 heavy (non-hydrogen) atoms. The molecule has 1 amide bonds. The average molecular weight is 438 g/mol. The number of aromatic nitrogens is 2. The number of carbonyl (C=O) groups is 1. The third-order valence-electron chi connectivity index (χ3n) is 5.43. The van der Waals surface area contributed by atoms with Crippen LogP contribution in [0.1, 0.15) is 51.3 Å². The first-order valence-electron chi connectivity index (χ1n) is 10.8. The van der Waals surface area contributed by atoms with Crippen molar-refractivity contribution in [2.45, 2.75) is 57.8 Å². The van der Waals surface area contributed by atoms with Gasteiger partial charge in [0.1, 0.15) is 17.0 Å². The molecule has 1 aliphatic rings. The van der Waals surface area contributed by atoms with Gasteiger partial charge in [-0.3, -0.25) is 5.32 Å². The summed E-state index contributed by atoms with van der Waals surface area (Å²) in [4.78, 5) is 12.5. The van der Waals surface area contributed by atoms with Gasteiger partial charge in [0.2, 0.25) is 0 Å². The standard InChI is InChI=1S/C25H28FN3O3/c1-24(2,3)32-23(30)28-21-16-27-29(20-12-10-19(26)11-13-20)22(21)25(14-7-15-25)31-17-18-8-5-4-6-9-18/h4-6,8-13,16H,7,14-15,17H2,1-3H3,(H,28,30). The van der Waals surface area contributed by atoms with Crippen LogP contribution >= 0.6 is 0 Å². The van der Waals surface area contributed by atoms with Gasteiger partial charge in [0.15, 0.2) is 0 Å². The highest BCUT2D eigenvalue weighted by molar-refractivity contribution is 5.86. The molecule has 0 radical (unpaired) electrons. The van der Waals surface area contributed by atoms with Crippen LogP contribution in [-0.2, 0) is 21.7 Å². The zero-order valence-electron chi connectivity index (χ0n) is 18.6. The highest BCUT2D eigenvalue weighted by atomic mass is 19.1. The second-order valence-corrected chi connectivity index (χ2v) is 9.04. The number of nitrogens with one attached hydrogen (secondary N) is 1. The molecule has 2 aromatic carbocycles. The van der Waals surface area contributed by atoms with Crippen molar-refractivity contribution in [1.29, 1.82) is 0 Å². The van der Waals surface area contributed by atoms with Crippen LogP contribution in [0, 0.1) is 5.82 Å². The van der Waals surface area contributed by atoms with E-state index in [1.807, 2.05) is 51.1 Å². The lowest BCUT2D eigenvalue weighted by Crippen LogP contribution is -2.40. The molecule has 7 heteroatoms. The molecule has 0 atom stereocenters. The molecule has 6 nitrogen and oxygen atoms in total. The van der Waals surface area contributed by atoms with Gasteiger partial charge in [0, 0.05) is 0 Å². The van der Waals surface area contributed by atoms with Crippen molar-refractivity contribution >= 4 is 11.8 Å². The Balaban J connectivity index is 1.70. The fourth-order valence-electron chi connectivity index (χ4n) is 3.81. The SMILES string of the molecule is CC(C)(C)OC(=O)Nc1cnn(-c2ccc(F)cc2)c1C1(OCc2ccccc2)CCC1. The summed E-state index contributed by atoms with van der Waals surface area (Å²) in [5.74, 6) is -0.326. The van der Waals surface area contributed by atoms with Crippen LogP contribution in [0.25, 0.3) is 5.69 Å². The number of benzene rings is 2. The Morgan fingerprint density at radius 2 is 1.81 bits per heavy atom. The van der Waals surface area contributed by atoms with Gasteiger partial charge >= 0.3 is 6.09 Å². The van der Waals surface area contributed by atoms with Crippen molar-refractivity contribution in [3.8, 4) is 5.69 Å². The van der Waals surface area contributed by atoms with Crippen LogP contribution in [0.15, 0.2) is 60.8 Å². The molecular formula is C25H28FN3O3. The fourth-order valence-corrected chi connectivity index (χ4v) is 3.81. The number of amides is 1. The third-order valence-corrected chi connectivity index (χ3v) is 5.43. The summed E-state index contributed by atoms with van der Waals surface area (Å²) < 4.78 is 27.2. The van der Waals surface area contributed by atoms with Crippen molar-refractivity contribution in [3.05, 3.63) is 77.9 Å². The fraction of sp³-hybridized carbons (Fsp3) is 0.360. The minimum atomic E-state index is -0.630. The van der Waals surface area contributed by atoms with Gasteiger partial charge in [-0.15, -0.1) is 0 Å². The van der Waals surface area contributed by atoms with Gasteiger partial charge in [-0.05, 0) is 69.9 Å². The minimum Gasteiger partial charge on any atom is -0.444 e. The van der Waals surface area contributed by atoms with Crippen LogP contribution in [-0.4, -0.2) is 21.5 Å². The van der Waals surface area contributed by atoms with Crippen LogP contribution < -0.4 is 5.32 Å². The number of hydrogen-bond donors (Lipinski definition) is 1. The van der Waals surface area contributed by atoms with E-state index in [1.165, 1.54) is 12.1 Å². The maximum atomic E-state index is 13.5. The average Bonchev–Trinajstić information content (AvgIpc) is 3.11. The summed E-state index contributed by atoms with van der Waals surface area (Å²) in [6.45, 7) is 5.87. The zero-order valence-corrected chi connectivity index (χ0v) is 18.6. The molecule has 0 aliphatic heterocycles. The smallest absolute Gasteiger partial charge is 0.412 e. The van der Waals surface area contributed by atoms with E-state index in [2.05, 4.69) is 10.4 Å². The van der Waals surface area contributed by atoms with E-state index < -0.39 is 17.3 Å². The monoisotopic (exact) mass is 437 g/mol. The molecule has 1 aliphatic carbocycles. The highest BCUT2D eigenvalue weighted by Crippen LogP contribution is 2.48. The van der Waals surface area contributed by atoms with Crippen LogP contribution in [0.3, 0.4) is 0 Å². The Hall–Kier alpha value is -3.19. The molecule has 1 heterocycles. The zero-order chi connectivity index (χ0) is 22.8. The largest absolute Gasteiger partial charge is 0.444 e. The number of anilines is 1. The van der Waals surface area contributed by atoms with E-state index in [4.69, 9.17) is 9.47 Å². The summed E-state index contributed by atoms with van der Waals surface area (Å²) in [7, 11) is 0. The molecule has 0 unspecified atom stereocenters. The highest BCUT2D eigenvalue weighted by Gasteiger charge is 2.45. The summed E-state index contributed by atoms with van der Waals surface area (Å²) >= 11 is 0. The van der Waals surface area contributed by atoms with Crippen LogP contribution in [0.4, 0.5) is 14.9 Å². The number of carbonyl (C=O) groups excluding carboxylic acids is 1. The van der Waals surface area contributed by atoms with Gasteiger partial charge in [-0.25, -0.2) is 13.9 Å². The Labute approximate surface area is 187 Å². The number of hydrogen-bond acceptors (Lipinski definition) is 4. The predicted molar refractivity (Wildman–Crippen MR) is 120 cm³/mol. The van der Waals surface area contributed by atoms with Crippen molar-refractivity contribution in [3.63, 3.8) is 0 Å². The number of nitrogens with zero attached hydrogens (tertiary/aromatic N) is 2. The Kier molecular flexibility index (Phi) is 6.02. The van der Waals surface area contributed by atoms with Crippen molar-refractivity contribution in [2.75, 3.05) is 5.32 Å². The molecule has 0 spiro atoms. The maximum Gasteiger partial charge on any atom is 0.412 e. The molecule has 1 N–H and O–H groups in total. The third kappa shape index (κ3) is 4.83. The summed E-state index contributed by atoms with van der Waals surface area (Å²) in [5.41, 5.74) is 1.76. The predicted octanol–water partition coefficient (Wildman–Crippen LogP) is 5.95. The molecule has 0 bridgehead atoms. The topological polar surface area (TPSA) is 65.4 Å². The van der Waals surface area contributed by atoms with Gasteiger partial charge in [-0.1, -0.05) is 30.3 Å². The van der Waals surface area contributed by atoms with E-state index >= 15 is 0 Å². The molecular weight excluding hydrogens is 409 g/mol. The first-order chi connectivity index (χ1) is 15.3. The van der Waals surface area contributed by atoms with E-state index in [0.29, 0.717) is 18.0 Å².